The Morgan fingerprint density at radius 3 is 2.59 bits per heavy atom. The Kier molecular flexibility index (Phi) is 6.33. The van der Waals surface area contributed by atoms with Gasteiger partial charge >= 0.3 is 0 Å². The van der Waals surface area contributed by atoms with Gasteiger partial charge in [0.25, 0.3) is 14.6 Å². The number of ether oxygens (including phenoxy) is 1. The number of nitrogens with zero attached hydrogens (tertiary/aromatic N) is 2. The third-order valence-electron chi connectivity index (χ3n) is 4.61. The van der Waals surface area contributed by atoms with Gasteiger partial charge in [0.1, 0.15) is 17.1 Å². The lowest BCUT2D eigenvalue weighted by atomic mass is 10.1. The van der Waals surface area contributed by atoms with E-state index in [1.54, 1.807) is 0 Å². The molecule has 0 saturated carbocycles. The maximum absolute atomic E-state index is 12.9. The number of aromatic amines is 1. The summed E-state index contributed by atoms with van der Waals surface area (Å²) >= 11 is 0. The SMILES string of the molecule is CCCOc1ccc(S(=O)(=O)Cl)cc1-c1nc2c(CCC)cn(CC)c2c(=O)[nH]1. The highest BCUT2D eigenvalue weighted by molar-refractivity contribution is 8.13. The van der Waals surface area contributed by atoms with E-state index in [-0.39, 0.29) is 16.3 Å². The Labute approximate surface area is 174 Å². The molecule has 3 rings (SSSR count). The van der Waals surface area contributed by atoms with Crippen molar-refractivity contribution in [2.75, 3.05) is 6.61 Å². The zero-order valence-corrected chi connectivity index (χ0v) is 18.2. The number of fused-ring (bicyclic) bond motifs is 1. The smallest absolute Gasteiger partial charge is 0.275 e. The van der Waals surface area contributed by atoms with Crippen molar-refractivity contribution in [1.82, 2.24) is 14.5 Å². The van der Waals surface area contributed by atoms with Gasteiger partial charge in [0.15, 0.2) is 0 Å². The first-order valence-corrected chi connectivity index (χ1v) is 11.9. The molecule has 0 aliphatic carbocycles. The van der Waals surface area contributed by atoms with Crippen molar-refractivity contribution in [2.24, 2.45) is 0 Å². The minimum atomic E-state index is -3.95. The van der Waals surface area contributed by atoms with E-state index in [0.717, 1.165) is 24.8 Å². The van der Waals surface area contributed by atoms with Crippen molar-refractivity contribution < 1.29 is 13.2 Å². The number of hydrogen-bond acceptors (Lipinski definition) is 5. The number of aromatic nitrogens is 3. The normalized spacial score (nSPS) is 11.9. The summed E-state index contributed by atoms with van der Waals surface area (Å²) in [5.74, 6) is 0.687. The number of aryl methyl sites for hydroxylation is 2. The lowest BCUT2D eigenvalue weighted by Crippen LogP contribution is -2.13. The van der Waals surface area contributed by atoms with Crippen LogP contribution in [0.5, 0.6) is 5.75 Å². The van der Waals surface area contributed by atoms with Crippen LogP contribution in [-0.4, -0.2) is 29.6 Å². The van der Waals surface area contributed by atoms with Crippen LogP contribution in [0.15, 0.2) is 34.1 Å². The first-order chi connectivity index (χ1) is 13.8. The molecule has 7 nitrogen and oxygen atoms in total. The summed E-state index contributed by atoms with van der Waals surface area (Å²) in [7, 11) is 1.58. The Morgan fingerprint density at radius 1 is 1.21 bits per heavy atom. The molecule has 0 spiro atoms. The first kappa shape index (κ1) is 21.4. The van der Waals surface area contributed by atoms with Crippen LogP contribution < -0.4 is 10.3 Å². The van der Waals surface area contributed by atoms with Crippen molar-refractivity contribution in [3.63, 3.8) is 0 Å². The van der Waals surface area contributed by atoms with Gasteiger partial charge in [-0.25, -0.2) is 13.4 Å². The molecule has 0 radical (unpaired) electrons. The monoisotopic (exact) mass is 437 g/mol. The average molecular weight is 438 g/mol. The third kappa shape index (κ3) is 4.33. The minimum absolute atomic E-state index is 0.0827. The van der Waals surface area contributed by atoms with Gasteiger partial charge in [0.05, 0.1) is 22.6 Å². The molecular weight excluding hydrogens is 414 g/mol. The van der Waals surface area contributed by atoms with Crippen LogP contribution in [0.1, 0.15) is 39.2 Å². The Balaban J connectivity index is 2.28. The molecule has 2 aromatic heterocycles. The molecule has 156 valence electrons. The molecule has 0 amide bonds. The summed E-state index contributed by atoms with van der Waals surface area (Å²) < 4.78 is 31.3. The summed E-state index contributed by atoms with van der Waals surface area (Å²) in [5, 5.41) is 0. The molecule has 0 aliphatic rings. The van der Waals surface area contributed by atoms with E-state index < -0.39 is 9.05 Å². The lowest BCUT2D eigenvalue weighted by molar-refractivity contribution is 0.318. The fourth-order valence-corrected chi connectivity index (χ4v) is 4.06. The van der Waals surface area contributed by atoms with Gasteiger partial charge in [-0.05, 0) is 43.5 Å². The van der Waals surface area contributed by atoms with Crippen molar-refractivity contribution in [3.05, 3.63) is 40.3 Å². The second-order valence-electron chi connectivity index (χ2n) is 6.75. The largest absolute Gasteiger partial charge is 0.493 e. The van der Waals surface area contributed by atoms with Crippen LogP contribution in [-0.2, 0) is 22.0 Å². The molecule has 0 bridgehead atoms. The van der Waals surface area contributed by atoms with Crippen LogP contribution >= 0.6 is 10.7 Å². The summed E-state index contributed by atoms with van der Waals surface area (Å²) in [5.41, 5.74) is 2.21. The molecule has 29 heavy (non-hydrogen) atoms. The molecule has 3 aromatic rings. The van der Waals surface area contributed by atoms with Crippen molar-refractivity contribution in [2.45, 2.75) is 51.5 Å². The predicted molar refractivity (Wildman–Crippen MR) is 114 cm³/mol. The van der Waals surface area contributed by atoms with Crippen LogP contribution in [0.3, 0.4) is 0 Å². The molecular formula is C20H24ClN3O4S. The van der Waals surface area contributed by atoms with E-state index in [1.807, 2.05) is 24.6 Å². The first-order valence-electron chi connectivity index (χ1n) is 9.64. The van der Waals surface area contributed by atoms with E-state index in [4.69, 9.17) is 20.4 Å². The summed E-state index contributed by atoms with van der Waals surface area (Å²) in [6, 6.07) is 4.30. The van der Waals surface area contributed by atoms with Crippen LogP contribution in [0, 0.1) is 0 Å². The molecule has 0 aliphatic heterocycles. The number of hydrogen-bond donors (Lipinski definition) is 1. The number of benzene rings is 1. The van der Waals surface area contributed by atoms with Crippen LogP contribution in [0.4, 0.5) is 0 Å². The Morgan fingerprint density at radius 2 is 1.97 bits per heavy atom. The predicted octanol–water partition coefficient (Wildman–Crippen LogP) is 4.08. The quantitative estimate of drug-likeness (QED) is 0.536. The Bertz CT molecular complexity index is 1200. The maximum Gasteiger partial charge on any atom is 0.275 e. The molecule has 0 fully saturated rings. The van der Waals surface area contributed by atoms with E-state index in [2.05, 4.69) is 11.9 Å². The van der Waals surface area contributed by atoms with E-state index in [0.29, 0.717) is 35.5 Å². The molecule has 1 aromatic carbocycles. The number of rotatable bonds is 8. The Hall–Kier alpha value is -2.32. The zero-order chi connectivity index (χ0) is 21.2. The van der Waals surface area contributed by atoms with E-state index in [9.17, 15) is 13.2 Å². The minimum Gasteiger partial charge on any atom is -0.493 e. The molecule has 0 atom stereocenters. The van der Waals surface area contributed by atoms with E-state index >= 15 is 0 Å². The molecule has 0 saturated heterocycles. The summed E-state index contributed by atoms with van der Waals surface area (Å²) in [6.07, 6.45) is 4.43. The highest BCUT2D eigenvalue weighted by Crippen LogP contribution is 2.32. The summed E-state index contributed by atoms with van der Waals surface area (Å²) in [6.45, 7) is 7.09. The van der Waals surface area contributed by atoms with Gasteiger partial charge in [-0.3, -0.25) is 4.79 Å². The fraction of sp³-hybridized carbons (Fsp3) is 0.400. The fourth-order valence-electron chi connectivity index (χ4n) is 3.28. The molecule has 0 unspecified atom stereocenters. The van der Waals surface area contributed by atoms with Gasteiger partial charge < -0.3 is 14.3 Å². The number of halogens is 1. The van der Waals surface area contributed by atoms with Crippen molar-refractivity contribution in [1.29, 1.82) is 0 Å². The molecule has 2 heterocycles. The van der Waals surface area contributed by atoms with Gasteiger partial charge in [-0.2, -0.15) is 0 Å². The van der Waals surface area contributed by atoms with Gasteiger partial charge in [0, 0.05) is 23.4 Å². The lowest BCUT2D eigenvalue weighted by Gasteiger charge is -2.12. The number of H-pyrrole nitrogens is 1. The standard InChI is InChI=1S/C20H24ClN3O4S/c1-4-7-13-12-24(6-3)18-17(13)22-19(23-20(18)25)15-11-14(29(21,26)27)8-9-16(15)28-10-5-2/h8-9,11-12H,4-7,10H2,1-3H3,(H,22,23,25). The zero-order valence-electron chi connectivity index (χ0n) is 16.7. The highest BCUT2D eigenvalue weighted by Gasteiger charge is 2.19. The topological polar surface area (TPSA) is 94.1 Å². The second-order valence-corrected chi connectivity index (χ2v) is 9.31. The van der Waals surface area contributed by atoms with E-state index in [1.165, 1.54) is 18.2 Å². The van der Waals surface area contributed by atoms with Crippen molar-refractivity contribution >= 4 is 30.8 Å². The van der Waals surface area contributed by atoms with Gasteiger partial charge in [-0.15, -0.1) is 0 Å². The number of nitrogens with one attached hydrogen (secondary N) is 1. The second kappa shape index (κ2) is 8.59. The third-order valence-corrected chi connectivity index (χ3v) is 5.96. The van der Waals surface area contributed by atoms with Crippen LogP contribution in [0.25, 0.3) is 22.4 Å². The average Bonchev–Trinajstić information content (AvgIpc) is 3.04. The summed E-state index contributed by atoms with van der Waals surface area (Å²) in [4.78, 5) is 20.3. The highest BCUT2D eigenvalue weighted by atomic mass is 35.7. The maximum atomic E-state index is 12.9. The van der Waals surface area contributed by atoms with Gasteiger partial charge in [-0.1, -0.05) is 20.3 Å². The molecule has 9 heteroatoms. The van der Waals surface area contributed by atoms with Crippen molar-refractivity contribution in [3.8, 4) is 17.1 Å². The van der Waals surface area contributed by atoms with Crippen LogP contribution in [0.2, 0.25) is 0 Å². The molecule has 1 N–H and O–H groups in total. The van der Waals surface area contributed by atoms with Gasteiger partial charge in [0.2, 0.25) is 0 Å².